The number of nitrogens with one attached hydrogen (secondary N) is 1. The minimum Gasteiger partial charge on any atom is -0.465 e. The lowest BCUT2D eigenvalue weighted by atomic mass is 10.0. The van der Waals surface area contributed by atoms with Gasteiger partial charge in [0.15, 0.2) is 6.10 Å². The van der Waals surface area contributed by atoms with E-state index in [0.29, 0.717) is 24.0 Å². The molecule has 1 atom stereocenters. The second-order valence-corrected chi connectivity index (χ2v) is 7.10. The van der Waals surface area contributed by atoms with Crippen molar-refractivity contribution in [2.24, 2.45) is 0 Å². The summed E-state index contributed by atoms with van der Waals surface area (Å²) < 4.78 is 11.0. The van der Waals surface area contributed by atoms with Crippen molar-refractivity contribution in [2.75, 3.05) is 6.54 Å². The van der Waals surface area contributed by atoms with E-state index in [4.69, 9.17) is 14.1 Å². The van der Waals surface area contributed by atoms with Crippen molar-refractivity contribution in [3.05, 3.63) is 77.9 Å². The number of furan rings is 1. The van der Waals surface area contributed by atoms with Gasteiger partial charge >= 0.3 is 5.97 Å². The van der Waals surface area contributed by atoms with Crippen molar-refractivity contribution < 1.29 is 18.7 Å². The Bertz CT molecular complexity index is 1150. The average molecular weight is 402 g/mol. The standard InChI is InChI=1S/C24H22N2O4/c1-3-12-25-23(27)15(2)30-24(28)21-18-8-4-5-9-20(18)26-22-16(10-11-19(21)22)14-17-7-6-13-29-17/h3-9,13-15H,1,10-12H2,2H3,(H,25,27)/b16-14+/t15-/m1/s1. The molecule has 6 nitrogen and oxygen atoms in total. The largest absolute Gasteiger partial charge is 0.465 e. The summed E-state index contributed by atoms with van der Waals surface area (Å²) in [4.78, 5) is 30.1. The van der Waals surface area contributed by atoms with Gasteiger partial charge in [0.25, 0.3) is 5.91 Å². The summed E-state index contributed by atoms with van der Waals surface area (Å²) in [5, 5.41) is 3.37. The maximum Gasteiger partial charge on any atom is 0.339 e. The molecule has 2 heterocycles. The van der Waals surface area contributed by atoms with E-state index in [1.54, 1.807) is 19.3 Å². The van der Waals surface area contributed by atoms with E-state index in [9.17, 15) is 9.59 Å². The number of fused-ring (bicyclic) bond motifs is 2. The molecule has 0 aliphatic heterocycles. The van der Waals surface area contributed by atoms with Crippen LogP contribution >= 0.6 is 0 Å². The number of esters is 1. The smallest absolute Gasteiger partial charge is 0.339 e. The van der Waals surface area contributed by atoms with Gasteiger partial charge in [-0.05, 0) is 55.2 Å². The summed E-state index contributed by atoms with van der Waals surface area (Å²) in [6.45, 7) is 5.44. The van der Waals surface area contributed by atoms with Gasteiger partial charge in [0.05, 0.1) is 23.0 Å². The molecule has 0 radical (unpaired) electrons. The van der Waals surface area contributed by atoms with Crippen LogP contribution in [0.2, 0.25) is 0 Å². The molecule has 4 rings (SSSR count). The summed E-state index contributed by atoms with van der Waals surface area (Å²) in [5.74, 6) is -0.147. The highest BCUT2D eigenvalue weighted by Gasteiger charge is 2.29. The molecule has 30 heavy (non-hydrogen) atoms. The van der Waals surface area contributed by atoms with Gasteiger partial charge in [0, 0.05) is 11.9 Å². The molecule has 0 saturated heterocycles. The van der Waals surface area contributed by atoms with Crippen molar-refractivity contribution in [2.45, 2.75) is 25.9 Å². The minimum absolute atomic E-state index is 0.315. The monoisotopic (exact) mass is 402 g/mol. The van der Waals surface area contributed by atoms with E-state index in [2.05, 4.69) is 11.9 Å². The third-order valence-electron chi connectivity index (χ3n) is 5.08. The number of ether oxygens (including phenoxy) is 1. The van der Waals surface area contributed by atoms with Gasteiger partial charge in [-0.2, -0.15) is 0 Å². The molecule has 152 valence electrons. The van der Waals surface area contributed by atoms with Crippen molar-refractivity contribution in [1.29, 1.82) is 0 Å². The van der Waals surface area contributed by atoms with Gasteiger partial charge in [-0.3, -0.25) is 4.79 Å². The van der Waals surface area contributed by atoms with Crippen LogP contribution in [0.1, 0.15) is 40.7 Å². The molecule has 0 spiro atoms. The van der Waals surface area contributed by atoms with Crippen LogP contribution in [0.4, 0.5) is 0 Å². The SMILES string of the molecule is C=CCNC(=O)[C@@H](C)OC(=O)c1c2c(nc3ccccc13)/C(=C/c1ccco1)CC2. The zero-order valence-corrected chi connectivity index (χ0v) is 16.7. The van der Waals surface area contributed by atoms with Gasteiger partial charge in [0.1, 0.15) is 5.76 Å². The first-order valence-electron chi connectivity index (χ1n) is 9.84. The molecule has 0 bridgehead atoms. The highest BCUT2D eigenvalue weighted by atomic mass is 16.5. The molecule has 1 aromatic carbocycles. The van der Waals surface area contributed by atoms with Crippen molar-refractivity contribution in [3.63, 3.8) is 0 Å². The van der Waals surface area contributed by atoms with E-state index in [0.717, 1.165) is 34.4 Å². The predicted octanol–water partition coefficient (Wildman–Crippen LogP) is 4.16. The highest BCUT2D eigenvalue weighted by molar-refractivity contribution is 6.07. The Morgan fingerprint density at radius 2 is 2.10 bits per heavy atom. The second kappa shape index (κ2) is 8.37. The zero-order chi connectivity index (χ0) is 21.1. The molecular weight excluding hydrogens is 380 g/mol. The van der Waals surface area contributed by atoms with Crippen LogP contribution in [0, 0.1) is 0 Å². The molecule has 6 heteroatoms. The number of hydrogen-bond acceptors (Lipinski definition) is 5. The number of carbonyl (C=O) groups is 2. The molecular formula is C24H22N2O4. The fourth-order valence-corrected chi connectivity index (χ4v) is 3.65. The molecule has 1 N–H and O–H groups in total. The van der Waals surface area contributed by atoms with Crippen LogP contribution in [0.15, 0.2) is 59.7 Å². The summed E-state index contributed by atoms with van der Waals surface area (Å²) in [7, 11) is 0. The maximum absolute atomic E-state index is 13.1. The molecule has 1 aliphatic rings. The summed E-state index contributed by atoms with van der Waals surface area (Å²) >= 11 is 0. The number of amides is 1. The number of pyridine rings is 1. The molecule has 0 saturated carbocycles. The first-order valence-corrected chi connectivity index (χ1v) is 9.84. The van der Waals surface area contributed by atoms with E-state index < -0.39 is 12.1 Å². The Balaban J connectivity index is 1.74. The maximum atomic E-state index is 13.1. The van der Waals surface area contributed by atoms with Crippen LogP contribution in [-0.4, -0.2) is 29.5 Å². The highest BCUT2D eigenvalue weighted by Crippen LogP contribution is 2.37. The van der Waals surface area contributed by atoms with Crippen LogP contribution < -0.4 is 5.32 Å². The number of benzene rings is 1. The third-order valence-corrected chi connectivity index (χ3v) is 5.08. The van der Waals surface area contributed by atoms with E-state index in [-0.39, 0.29) is 5.91 Å². The Hall–Kier alpha value is -3.67. The van der Waals surface area contributed by atoms with Crippen LogP contribution in [0.5, 0.6) is 0 Å². The van der Waals surface area contributed by atoms with Crippen molar-refractivity contribution >= 4 is 34.4 Å². The zero-order valence-electron chi connectivity index (χ0n) is 16.7. The molecule has 1 aliphatic carbocycles. The Kier molecular flexibility index (Phi) is 5.48. The van der Waals surface area contributed by atoms with E-state index in [1.165, 1.54) is 0 Å². The number of carbonyl (C=O) groups excluding carboxylic acids is 2. The Morgan fingerprint density at radius 3 is 2.87 bits per heavy atom. The van der Waals surface area contributed by atoms with Crippen molar-refractivity contribution in [1.82, 2.24) is 10.3 Å². The number of nitrogens with zero attached hydrogens (tertiary/aromatic N) is 1. The second-order valence-electron chi connectivity index (χ2n) is 7.10. The fourth-order valence-electron chi connectivity index (χ4n) is 3.65. The van der Waals surface area contributed by atoms with Crippen LogP contribution in [-0.2, 0) is 16.0 Å². The summed E-state index contributed by atoms with van der Waals surface area (Å²) in [5.41, 5.74) is 3.81. The molecule has 2 aromatic heterocycles. The van der Waals surface area contributed by atoms with Crippen LogP contribution in [0.3, 0.4) is 0 Å². The fraction of sp³-hybridized carbons (Fsp3) is 0.208. The lowest BCUT2D eigenvalue weighted by Crippen LogP contribution is -2.36. The Morgan fingerprint density at radius 1 is 1.27 bits per heavy atom. The molecule has 3 aromatic rings. The summed E-state index contributed by atoms with van der Waals surface area (Å²) in [6, 6.07) is 11.2. The number of hydrogen-bond donors (Lipinski definition) is 1. The topological polar surface area (TPSA) is 81.4 Å². The minimum atomic E-state index is -0.917. The number of aromatic nitrogens is 1. The Labute approximate surface area is 174 Å². The van der Waals surface area contributed by atoms with Gasteiger partial charge in [0.2, 0.25) is 0 Å². The first kappa shape index (κ1) is 19.6. The van der Waals surface area contributed by atoms with E-state index >= 15 is 0 Å². The number of allylic oxidation sites excluding steroid dienone is 1. The van der Waals surface area contributed by atoms with Crippen LogP contribution in [0.25, 0.3) is 22.6 Å². The van der Waals surface area contributed by atoms with E-state index in [1.807, 2.05) is 42.5 Å². The normalized spacial score (nSPS) is 15.0. The third kappa shape index (κ3) is 3.76. The molecule has 0 fully saturated rings. The first-order chi connectivity index (χ1) is 14.6. The van der Waals surface area contributed by atoms with Crippen molar-refractivity contribution in [3.8, 4) is 0 Å². The lowest BCUT2D eigenvalue weighted by molar-refractivity contribution is -0.128. The predicted molar refractivity (Wildman–Crippen MR) is 115 cm³/mol. The average Bonchev–Trinajstić information content (AvgIpc) is 3.40. The van der Waals surface area contributed by atoms with Gasteiger partial charge in [-0.15, -0.1) is 6.58 Å². The number of rotatable bonds is 6. The number of para-hydroxylation sites is 1. The molecule has 1 amide bonds. The van der Waals surface area contributed by atoms with Gasteiger partial charge in [-0.1, -0.05) is 24.3 Å². The van der Waals surface area contributed by atoms with Gasteiger partial charge < -0.3 is 14.5 Å². The summed E-state index contributed by atoms with van der Waals surface area (Å²) in [6.07, 6.45) is 5.64. The lowest BCUT2D eigenvalue weighted by Gasteiger charge is -2.16. The van der Waals surface area contributed by atoms with Gasteiger partial charge in [-0.25, -0.2) is 9.78 Å². The molecule has 0 unspecified atom stereocenters. The quantitative estimate of drug-likeness (QED) is 0.495.